The Balaban J connectivity index is 2.25. The van der Waals surface area contributed by atoms with E-state index in [1.807, 2.05) is 0 Å². The molecule has 1 fully saturated rings. The molecule has 20 heavy (non-hydrogen) atoms. The first-order valence-electron chi connectivity index (χ1n) is 5.56. The molecule has 2 rings (SSSR count). The SMILES string of the molecule is O=C(O)CSC1CC(=O)N(c2cccc(Cl)c2Cl)C1=O. The van der Waals surface area contributed by atoms with Gasteiger partial charge < -0.3 is 5.11 Å². The van der Waals surface area contributed by atoms with Crippen molar-refractivity contribution >= 4 is 58.4 Å². The van der Waals surface area contributed by atoms with E-state index in [0.29, 0.717) is 0 Å². The predicted molar refractivity (Wildman–Crippen MR) is 77.5 cm³/mol. The first kappa shape index (κ1) is 15.2. The molecule has 0 spiro atoms. The summed E-state index contributed by atoms with van der Waals surface area (Å²) >= 11 is 12.8. The summed E-state index contributed by atoms with van der Waals surface area (Å²) in [6.07, 6.45) is -0.0420. The van der Waals surface area contributed by atoms with E-state index < -0.39 is 23.0 Å². The minimum absolute atomic E-state index is 0.0420. The third kappa shape index (κ3) is 2.92. The number of rotatable bonds is 4. The Kier molecular flexibility index (Phi) is 4.57. The molecule has 0 aliphatic carbocycles. The number of thioether (sulfide) groups is 1. The number of amides is 2. The van der Waals surface area contributed by atoms with Gasteiger partial charge in [0.15, 0.2) is 0 Å². The van der Waals surface area contributed by atoms with Crippen molar-refractivity contribution in [2.24, 2.45) is 0 Å². The molecule has 8 heteroatoms. The molecule has 1 aliphatic heterocycles. The van der Waals surface area contributed by atoms with Crippen LogP contribution in [0.25, 0.3) is 0 Å². The Morgan fingerprint density at radius 1 is 1.40 bits per heavy atom. The largest absolute Gasteiger partial charge is 0.481 e. The average molecular weight is 334 g/mol. The third-order valence-corrected chi connectivity index (χ3v) is 4.68. The van der Waals surface area contributed by atoms with Crippen LogP contribution in [0, 0.1) is 0 Å². The first-order valence-corrected chi connectivity index (χ1v) is 7.36. The molecule has 1 saturated heterocycles. The maximum atomic E-state index is 12.2. The molecular weight excluding hydrogens is 325 g/mol. The van der Waals surface area contributed by atoms with Gasteiger partial charge in [-0.2, -0.15) is 0 Å². The van der Waals surface area contributed by atoms with Crippen LogP contribution in [0.2, 0.25) is 10.0 Å². The molecule has 106 valence electrons. The number of benzene rings is 1. The molecule has 1 aliphatic rings. The second-order valence-corrected chi connectivity index (χ2v) is 6.01. The van der Waals surface area contributed by atoms with Gasteiger partial charge in [-0.1, -0.05) is 29.3 Å². The number of nitrogens with zero attached hydrogens (tertiary/aromatic N) is 1. The molecule has 0 radical (unpaired) electrons. The van der Waals surface area contributed by atoms with Crippen LogP contribution >= 0.6 is 35.0 Å². The highest BCUT2D eigenvalue weighted by atomic mass is 35.5. The van der Waals surface area contributed by atoms with Crippen molar-refractivity contribution in [2.75, 3.05) is 10.7 Å². The second-order valence-electron chi connectivity index (χ2n) is 4.04. The van der Waals surface area contributed by atoms with Crippen molar-refractivity contribution in [3.8, 4) is 0 Å². The normalized spacial score (nSPS) is 18.7. The second kappa shape index (κ2) is 6.03. The molecular formula is C12H9Cl2NO4S. The highest BCUT2D eigenvalue weighted by Gasteiger charge is 2.41. The fraction of sp³-hybridized carbons (Fsp3) is 0.250. The van der Waals surface area contributed by atoms with E-state index in [0.717, 1.165) is 16.7 Å². The molecule has 1 unspecified atom stereocenters. The van der Waals surface area contributed by atoms with E-state index in [4.69, 9.17) is 28.3 Å². The molecule has 0 bridgehead atoms. The van der Waals surface area contributed by atoms with E-state index in [-0.39, 0.29) is 27.9 Å². The van der Waals surface area contributed by atoms with Crippen LogP contribution in [0.3, 0.4) is 0 Å². The van der Waals surface area contributed by atoms with Crippen LogP contribution in [0.1, 0.15) is 6.42 Å². The van der Waals surface area contributed by atoms with E-state index in [2.05, 4.69) is 0 Å². The van der Waals surface area contributed by atoms with Crippen molar-refractivity contribution in [3.05, 3.63) is 28.2 Å². The van der Waals surface area contributed by atoms with Gasteiger partial charge in [0.1, 0.15) is 0 Å². The Morgan fingerprint density at radius 3 is 2.75 bits per heavy atom. The number of carbonyl (C=O) groups is 3. The van der Waals surface area contributed by atoms with E-state index in [1.165, 1.54) is 6.07 Å². The van der Waals surface area contributed by atoms with E-state index >= 15 is 0 Å². The zero-order valence-electron chi connectivity index (χ0n) is 10.0. The zero-order valence-corrected chi connectivity index (χ0v) is 12.3. The van der Waals surface area contributed by atoms with Crippen LogP contribution in [-0.4, -0.2) is 33.9 Å². The lowest BCUT2D eigenvalue weighted by Crippen LogP contribution is -2.31. The maximum Gasteiger partial charge on any atom is 0.313 e. The Morgan fingerprint density at radius 2 is 2.10 bits per heavy atom. The summed E-state index contributed by atoms with van der Waals surface area (Å²) in [4.78, 5) is 35.6. The molecule has 0 aromatic heterocycles. The minimum Gasteiger partial charge on any atom is -0.481 e. The first-order chi connectivity index (χ1) is 9.41. The van der Waals surface area contributed by atoms with Gasteiger partial charge in [0.05, 0.1) is 26.7 Å². The quantitative estimate of drug-likeness (QED) is 0.856. The number of carboxylic acids is 1. The van der Waals surface area contributed by atoms with Gasteiger partial charge >= 0.3 is 5.97 Å². The van der Waals surface area contributed by atoms with Crippen molar-refractivity contribution in [3.63, 3.8) is 0 Å². The monoisotopic (exact) mass is 333 g/mol. The van der Waals surface area contributed by atoms with Crippen LogP contribution in [-0.2, 0) is 14.4 Å². The molecule has 1 heterocycles. The van der Waals surface area contributed by atoms with Crippen LogP contribution < -0.4 is 4.90 Å². The lowest BCUT2D eigenvalue weighted by atomic mass is 10.3. The lowest BCUT2D eigenvalue weighted by molar-refractivity contribution is -0.134. The Bertz CT molecular complexity index is 593. The van der Waals surface area contributed by atoms with Gasteiger partial charge in [-0.25, -0.2) is 4.90 Å². The van der Waals surface area contributed by atoms with Gasteiger partial charge in [0, 0.05) is 6.42 Å². The smallest absolute Gasteiger partial charge is 0.313 e. The van der Waals surface area contributed by atoms with Gasteiger partial charge in [-0.05, 0) is 12.1 Å². The summed E-state index contributed by atoms with van der Waals surface area (Å²) in [6, 6.07) is 4.66. The van der Waals surface area contributed by atoms with Gasteiger partial charge in [0.2, 0.25) is 11.8 Å². The number of imide groups is 1. The lowest BCUT2D eigenvalue weighted by Gasteiger charge is -2.16. The topological polar surface area (TPSA) is 74.7 Å². The number of anilines is 1. The summed E-state index contributed by atoms with van der Waals surface area (Å²) in [5.41, 5.74) is 0.229. The standard InChI is InChI=1S/C12H9Cl2NO4S/c13-6-2-1-3-7(11(6)14)15-9(16)4-8(12(15)19)20-5-10(17)18/h1-3,8H,4-5H2,(H,17,18). The summed E-state index contributed by atoms with van der Waals surface area (Å²) in [7, 11) is 0. The molecule has 0 saturated carbocycles. The fourth-order valence-electron chi connectivity index (χ4n) is 1.82. The van der Waals surface area contributed by atoms with Crippen molar-refractivity contribution in [2.45, 2.75) is 11.7 Å². The summed E-state index contributed by atoms with van der Waals surface area (Å²) < 4.78 is 0. The maximum absolute atomic E-state index is 12.2. The van der Waals surface area contributed by atoms with Crippen LogP contribution in [0.15, 0.2) is 18.2 Å². The van der Waals surface area contributed by atoms with Crippen molar-refractivity contribution in [1.82, 2.24) is 0 Å². The number of aliphatic carboxylic acids is 1. The summed E-state index contributed by atoms with van der Waals surface area (Å²) in [6.45, 7) is 0. The third-order valence-electron chi connectivity index (χ3n) is 2.69. The number of hydrogen-bond donors (Lipinski definition) is 1. The highest BCUT2D eigenvalue weighted by molar-refractivity contribution is 8.01. The van der Waals surface area contributed by atoms with Gasteiger partial charge in [-0.15, -0.1) is 11.8 Å². The summed E-state index contributed by atoms with van der Waals surface area (Å²) in [5.74, 6) is -2.15. The minimum atomic E-state index is -1.03. The van der Waals surface area contributed by atoms with Gasteiger partial charge in [-0.3, -0.25) is 14.4 Å². The molecule has 1 atom stereocenters. The predicted octanol–water partition coefficient (Wildman–Crippen LogP) is 2.44. The number of halogens is 2. The van der Waals surface area contributed by atoms with Crippen LogP contribution in [0.5, 0.6) is 0 Å². The number of carbonyl (C=O) groups excluding carboxylic acids is 2. The Hall–Kier alpha value is -1.24. The number of carboxylic acid groups (broad SMARTS) is 1. The molecule has 2 amide bonds. The average Bonchev–Trinajstić information content (AvgIpc) is 2.66. The highest BCUT2D eigenvalue weighted by Crippen LogP contribution is 2.37. The van der Waals surface area contributed by atoms with Gasteiger partial charge in [0.25, 0.3) is 0 Å². The number of hydrogen-bond acceptors (Lipinski definition) is 4. The van der Waals surface area contributed by atoms with Crippen molar-refractivity contribution < 1.29 is 19.5 Å². The molecule has 1 aromatic carbocycles. The van der Waals surface area contributed by atoms with Crippen molar-refractivity contribution in [1.29, 1.82) is 0 Å². The summed E-state index contributed by atoms with van der Waals surface area (Å²) in [5, 5.41) is 8.29. The molecule has 1 aromatic rings. The fourth-order valence-corrected chi connectivity index (χ4v) is 3.06. The van der Waals surface area contributed by atoms with Crippen LogP contribution in [0.4, 0.5) is 5.69 Å². The van der Waals surface area contributed by atoms with E-state index in [1.54, 1.807) is 12.1 Å². The molecule has 1 N–H and O–H groups in total. The van der Waals surface area contributed by atoms with E-state index in [9.17, 15) is 14.4 Å². The Labute approximate surface area is 128 Å². The molecule has 5 nitrogen and oxygen atoms in total. The zero-order chi connectivity index (χ0) is 14.9.